The van der Waals surface area contributed by atoms with E-state index >= 15 is 0 Å². The van der Waals surface area contributed by atoms with Crippen molar-refractivity contribution >= 4 is 6.72 Å². The van der Waals surface area contributed by atoms with E-state index in [9.17, 15) is 0 Å². The second kappa shape index (κ2) is 4.63. The van der Waals surface area contributed by atoms with E-state index < -0.39 is 0 Å². The van der Waals surface area contributed by atoms with Gasteiger partial charge in [0.2, 0.25) is 0 Å². The first-order valence-corrected chi connectivity index (χ1v) is 3.47. The summed E-state index contributed by atoms with van der Waals surface area (Å²) in [4.78, 5) is 3.58. The molecule has 0 saturated carbocycles. The molecule has 0 aliphatic rings. The second-order valence-corrected chi connectivity index (χ2v) is 2.19. The maximum Gasteiger partial charge on any atom is 0.137 e. The Morgan fingerprint density at radius 3 is 2.64 bits per heavy atom. The van der Waals surface area contributed by atoms with Crippen LogP contribution < -0.4 is 0 Å². The minimum atomic E-state index is 0.370. The van der Waals surface area contributed by atoms with Crippen molar-refractivity contribution in [1.82, 2.24) is 0 Å². The van der Waals surface area contributed by atoms with Crippen LogP contribution in [0.25, 0.3) is 0 Å². The number of hydrogen-bond donors (Lipinski definition) is 0. The molecule has 0 atom stereocenters. The summed E-state index contributed by atoms with van der Waals surface area (Å²) in [7, 11) is 0. The van der Waals surface area contributed by atoms with Crippen molar-refractivity contribution in [2.45, 2.75) is 6.61 Å². The molecule has 0 bridgehead atoms. The lowest BCUT2D eigenvalue weighted by molar-refractivity contribution is 0.129. The summed E-state index contributed by atoms with van der Waals surface area (Å²) in [5.41, 5.74) is 1.16. The van der Waals surface area contributed by atoms with E-state index in [1.807, 2.05) is 30.3 Å². The number of hydrogen-bond acceptors (Lipinski definition) is 2. The fraction of sp³-hybridized carbons (Fsp3) is 0.222. The molecule has 0 aromatic heterocycles. The maximum atomic E-state index is 5.14. The van der Waals surface area contributed by atoms with Crippen molar-refractivity contribution in [3.05, 3.63) is 35.9 Å². The third-order valence-electron chi connectivity index (χ3n) is 1.29. The third kappa shape index (κ3) is 2.96. The van der Waals surface area contributed by atoms with Gasteiger partial charge in [0.15, 0.2) is 0 Å². The molecule has 0 amide bonds. The fourth-order valence-corrected chi connectivity index (χ4v) is 0.802. The Labute approximate surface area is 66.5 Å². The molecule has 0 spiro atoms. The van der Waals surface area contributed by atoms with Crippen molar-refractivity contribution in [3.8, 4) is 0 Å². The zero-order valence-electron chi connectivity index (χ0n) is 6.36. The van der Waals surface area contributed by atoms with Gasteiger partial charge in [-0.25, -0.2) is 0 Å². The van der Waals surface area contributed by atoms with Crippen molar-refractivity contribution in [2.24, 2.45) is 4.99 Å². The van der Waals surface area contributed by atoms with Crippen LogP contribution in [0.15, 0.2) is 35.3 Å². The van der Waals surface area contributed by atoms with Gasteiger partial charge in [0.1, 0.15) is 6.73 Å². The van der Waals surface area contributed by atoms with Crippen LogP contribution in [0.5, 0.6) is 0 Å². The first-order valence-electron chi connectivity index (χ1n) is 3.47. The quantitative estimate of drug-likeness (QED) is 0.473. The molecule has 0 aliphatic heterocycles. The summed E-state index contributed by atoms with van der Waals surface area (Å²) >= 11 is 0. The van der Waals surface area contributed by atoms with Crippen molar-refractivity contribution in [3.63, 3.8) is 0 Å². The highest BCUT2D eigenvalue weighted by Gasteiger charge is 1.87. The van der Waals surface area contributed by atoms with Crippen LogP contribution in [0, 0.1) is 0 Å². The first kappa shape index (κ1) is 7.95. The van der Waals surface area contributed by atoms with Crippen LogP contribution in [0.4, 0.5) is 0 Å². The first-order chi connectivity index (χ1) is 5.43. The summed E-state index contributed by atoms with van der Waals surface area (Å²) in [5.74, 6) is 0. The molecule has 2 heteroatoms. The molecule has 0 radical (unpaired) electrons. The second-order valence-electron chi connectivity index (χ2n) is 2.19. The Balaban J connectivity index is 2.33. The molecule has 0 saturated heterocycles. The number of rotatable bonds is 4. The highest BCUT2D eigenvalue weighted by Crippen LogP contribution is 1.99. The average Bonchev–Trinajstić information content (AvgIpc) is 2.07. The lowest BCUT2D eigenvalue weighted by Crippen LogP contribution is -1.91. The number of aliphatic imine (C=N–C) groups is 1. The molecule has 1 aromatic rings. The zero-order chi connectivity index (χ0) is 7.94. The molecule has 0 heterocycles. The molecule has 0 N–H and O–H groups in total. The Morgan fingerprint density at radius 1 is 1.27 bits per heavy atom. The van der Waals surface area contributed by atoms with Gasteiger partial charge < -0.3 is 4.74 Å². The molecular weight excluding hydrogens is 138 g/mol. The normalized spacial score (nSPS) is 9.45. The van der Waals surface area contributed by atoms with Gasteiger partial charge in [-0.15, -0.1) is 0 Å². The van der Waals surface area contributed by atoms with Gasteiger partial charge in [-0.2, -0.15) is 0 Å². The minimum absolute atomic E-state index is 0.370. The average molecular weight is 149 g/mol. The Bertz CT molecular complexity index is 208. The zero-order valence-corrected chi connectivity index (χ0v) is 6.36. The highest BCUT2D eigenvalue weighted by molar-refractivity contribution is 5.22. The van der Waals surface area contributed by atoms with E-state index in [1.165, 1.54) is 0 Å². The summed E-state index contributed by atoms with van der Waals surface area (Å²) < 4.78 is 5.14. The molecule has 0 unspecified atom stereocenters. The predicted octanol–water partition coefficient (Wildman–Crippen LogP) is 1.86. The molecule has 2 nitrogen and oxygen atoms in total. The molecule has 58 valence electrons. The Morgan fingerprint density at radius 2 is 2.00 bits per heavy atom. The Kier molecular flexibility index (Phi) is 3.35. The lowest BCUT2D eigenvalue weighted by atomic mass is 10.2. The van der Waals surface area contributed by atoms with Gasteiger partial charge in [0.05, 0.1) is 6.61 Å². The third-order valence-corrected chi connectivity index (χ3v) is 1.29. The van der Waals surface area contributed by atoms with E-state index in [-0.39, 0.29) is 0 Å². The topological polar surface area (TPSA) is 21.6 Å². The molecule has 0 aliphatic carbocycles. The van der Waals surface area contributed by atoms with E-state index in [2.05, 4.69) is 11.7 Å². The smallest absolute Gasteiger partial charge is 0.137 e. The van der Waals surface area contributed by atoms with Gasteiger partial charge >= 0.3 is 0 Å². The van der Waals surface area contributed by atoms with E-state index in [1.54, 1.807) is 0 Å². The fourth-order valence-electron chi connectivity index (χ4n) is 0.802. The number of ether oxygens (including phenoxy) is 1. The lowest BCUT2D eigenvalue weighted by Gasteiger charge is -1.99. The monoisotopic (exact) mass is 149 g/mol. The number of nitrogens with zero attached hydrogens (tertiary/aromatic N) is 1. The van der Waals surface area contributed by atoms with E-state index in [0.29, 0.717) is 13.3 Å². The Hall–Kier alpha value is -1.15. The van der Waals surface area contributed by atoms with Gasteiger partial charge in [-0.3, -0.25) is 4.99 Å². The standard InChI is InChI=1S/C9H11NO/c1-10-8-11-7-9-5-3-2-4-6-9/h2-6H,1,7-8H2. The predicted molar refractivity (Wildman–Crippen MR) is 45.6 cm³/mol. The van der Waals surface area contributed by atoms with Crippen molar-refractivity contribution in [2.75, 3.05) is 6.73 Å². The van der Waals surface area contributed by atoms with Gasteiger partial charge in [0.25, 0.3) is 0 Å². The molecule has 1 aromatic carbocycles. The van der Waals surface area contributed by atoms with Gasteiger partial charge in [-0.1, -0.05) is 30.3 Å². The minimum Gasteiger partial charge on any atom is -0.355 e. The SMILES string of the molecule is C=NCOCc1ccccc1. The largest absolute Gasteiger partial charge is 0.355 e. The van der Waals surface area contributed by atoms with Crippen molar-refractivity contribution < 1.29 is 4.74 Å². The summed E-state index contributed by atoms with van der Waals surface area (Å²) in [6, 6.07) is 9.99. The van der Waals surface area contributed by atoms with Crippen LogP contribution in [-0.4, -0.2) is 13.4 Å². The summed E-state index contributed by atoms with van der Waals surface area (Å²) in [6.07, 6.45) is 0. The van der Waals surface area contributed by atoms with Crippen LogP contribution in [0.3, 0.4) is 0 Å². The molecule has 11 heavy (non-hydrogen) atoms. The summed E-state index contributed by atoms with van der Waals surface area (Å²) in [6.45, 7) is 4.30. The van der Waals surface area contributed by atoms with Gasteiger partial charge in [-0.05, 0) is 12.3 Å². The van der Waals surface area contributed by atoms with Crippen LogP contribution in [0.2, 0.25) is 0 Å². The van der Waals surface area contributed by atoms with Crippen LogP contribution in [0.1, 0.15) is 5.56 Å². The summed E-state index contributed by atoms with van der Waals surface area (Å²) in [5, 5.41) is 0. The molecular formula is C9H11NO. The highest BCUT2D eigenvalue weighted by atomic mass is 16.5. The van der Waals surface area contributed by atoms with Crippen LogP contribution in [-0.2, 0) is 11.3 Å². The number of benzene rings is 1. The molecule has 0 fully saturated rings. The molecule has 1 rings (SSSR count). The van der Waals surface area contributed by atoms with E-state index in [0.717, 1.165) is 5.56 Å². The van der Waals surface area contributed by atoms with Crippen molar-refractivity contribution in [1.29, 1.82) is 0 Å². The van der Waals surface area contributed by atoms with Gasteiger partial charge in [0, 0.05) is 0 Å². The maximum absolute atomic E-state index is 5.14. The van der Waals surface area contributed by atoms with E-state index in [4.69, 9.17) is 4.74 Å². The van der Waals surface area contributed by atoms with Crippen LogP contribution >= 0.6 is 0 Å².